The van der Waals surface area contributed by atoms with Crippen LogP contribution in [-0.4, -0.2) is 15.0 Å². The summed E-state index contributed by atoms with van der Waals surface area (Å²) in [5.74, 6) is 0. The maximum absolute atomic E-state index is 4.99. The predicted molar refractivity (Wildman–Crippen MR) is 158 cm³/mol. The van der Waals surface area contributed by atoms with E-state index in [1.165, 1.54) is 21.5 Å². The second-order valence-corrected chi connectivity index (χ2v) is 9.78. The second-order valence-electron chi connectivity index (χ2n) is 9.78. The van der Waals surface area contributed by atoms with E-state index >= 15 is 0 Å². The van der Waals surface area contributed by atoms with Crippen molar-refractivity contribution < 1.29 is 0 Å². The molecule has 3 heterocycles. The summed E-state index contributed by atoms with van der Waals surface area (Å²) in [4.78, 5) is 14.9. The van der Waals surface area contributed by atoms with E-state index in [0.29, 0.717) is 0 Å². The topological polar surface area (TPSA) is 38.7 Å². The van der Waals surface area contributed by atoms with Crippen molar-refractivity contribution in [1.29, 1.82) is 0 Å². The van der Waals surface area contributed by atoms with Crippen molar-refractivity contribution in [2.45, 2.75) is 0 Å². The van der Waals surface area contributed by atoms with Gasteiger partial charge in [0.15, 0.2) is 0 Å². The molecule has 38 heavy (non-hydrogen) atoms. The van der Waals surface area contributed by atoms with E-state index in [4.69, 9.17) is 15.0 Å². The molecule has 0 N–H and O–H groups in total. The molecule has 3 aromatic heterocycles. The molecule has 0 unspecified atom stereocenters. The lowest BCUT2D eigenvalue weighted by molar-refractivity contribution is 1.32. The lowest BCUT2D eigenvalue weighted by atomic mass is 10.0. The van der Waals surface area contributed by atoms with Gasteiger partial charge in [-0.3, -0.25) is 0 Å². The Kier molecular flexibility index (Phi) is 4.52. The minimum Gasteiger partial charge on any atom is -0.248 e. The van der Waals surface area contributed by atoms with Gasteiger partial charge in [0.05, 0.1) is 33.6 Å². The third-order valence-electron chi connectivity index (χ3n) is 7.36. The predicted octanol–water partition coefficient (Wildman–Crippen LogP) is 8.97. The molecule has 0 aliphatic carbocycles. The number of aromatic nitrogens is 3. The summed E-state index contributed by atoms with van der Waals surface area (Å²) in [7, 11) is 0. The van der Waals surface area contributed by atoms with Crippen molar-refractivity contribution in [3.05, 3.63) is 127 Å². The first-order valence-corrected chi connectivity index (χ1v) is 12.8. The number of pyridine rings is 3. The summed E-state index contributed by atoms with van der Waals surface area (Å²) in [6, 6.07) is 44.5. The van der Waals surface area contributed by atoms with Crippen LogP contribution in [0.4, 0.5) is 0 Å². The first-order chi connectivity index (χ1) is 18.8. The fourth-order valence-corrected chi connectivity index (χ4v) is 5.35. The number of fused-ring (bicyclic) bond motifs is 5. The lowest BCUT2D eigenvalue weighted by Gasteiger charge is -2.08. The van der Waals surface area contributed by atoms with Crippen molar-refractivity contribution in [3.8, 4) is 22.6 Å². The van der Waals surface area contributed by atoms with Crippen LogP contribution in [-0.2, 0) is 0 Å². The van der Waals surface area contributed by atoms with E-state index in [0.717, 1.165) is 55.4 Å². The zero-order chi connectivity index (χ0) is 25.1. The zero-order valence-electron chi connectivity index (χ0n) is 20.5. The average molecular weight is 484 g/mol. The zero-order valence-corrected chi connectivity index (χ0v) is 20.5. The molecule has 0 radical (unpaired) electrons. The molecule has 0 aliphatic heterocycles. The van der Waals surface area contributed by atoms with E-state index in [1.807, 2.05) is 0 Å². The third-order valence-corrected chi connectivity index (χ3v) is 7.36. The van der Waals surface area contributed by atoms with Gasteiger partial charge >= 0.3 is 0 Å². The summed E-state index contributed by atoms with van der Waals surface area (Å²) >= 11 is 0. The molecule has 0 saturated heterocycles. The Hall–Kier alpha value is -5.15. The van der Waals surface area contributed by atoms with E-state index < -0.39 is 0 Å². The first-order valence-electron chi connectivity index (χ1n) is 12.8. The van der Waals surface area contributed by atoms with Gasteiger partial charge in [-0.2, -0.15) is 0 Å². The Morgan fingerprint density at radius 2 is 0.737 bits per heavy atom. The summed E-state index contributed by atoms with van der Waals surface area (Å²) in [6.07, 6.45) is 0. The second kappa shape index (κ2) is 8.19. The Balaban J connectivity index is 1.17. The Bertz CT molecular complexity index is 2040. The Labute approximate surface area is 219 Å². The van der Waals surface area contributed by atoms with Gasteiger partial charge in [0.1, 0.15) is 0 Å². The van der Waals surface area contributed by atoms with Gasteiger partial charge in [0.2, 0.25) is 0 Å². The van der Waals surface area contributed by atoms with Crippen LogP contribution in [0, 0.1) is 0 Å². The van der Waals surface area contributed by atoms with Gasteiger partial charge in [-0.05, 0) is 76.1 Å². The molecule has 3 heteroatoms. The van der Waals surface area contributed by atoms with Gasteiger partial charge in [-0.15, -0.1) is 0 Å². The largest absolute Gasteiger partial charge is 0.248 e. The van der Waals surface area contributed by atoms with Gasteiger partial charge in [-0.1, -0.05) is 72.8 Å². The Morgan fingerprint density at radius 3 is 1.32 bits per heavy atom. The summed E-state index contributed by atoms with van der Waals surface area (Å²) in [5, 5.41) is 8.22. The summed E-state index contributed by atoms with van der Waals surface area (Å²) in [5.41, 5.74) is 6.72. The molecule has 0 bridgehead atoms. The van der Waals surface area contributed by atoms with E-state index in [-0.39, 0.29) is 0 Å². The minimum absolute atomic E-state index is 0.871. The lowest BCUT2D eigenvalue weighted by Crippen LogP contribution is -1.91. The van der Waals surface area contributed by atoms with Crippen LogP contribution >= 0.6 is 0 Å². The van der Waals surface area contributed by atoms with Crippen LogP contribution in [0.25, 0.3) is 76.9 Å². The smallest absolute Gasteiger partial charge is 0.0894 e. The average Bonchev–Trinajstić information content (AvgIpc) is 2.98. The standard InChI is InChI=1S/C35H21N3/c1-3-7-24-20-34-28(17-22(24)5-1)10-14-31(37-34)26-9-13-30-27(19-26)11-15-32(36-30)33-16-12-29-18-23-6-2-4-8-25(23)21-35(29)38-33/h1-21H. The molecular weight excluding hydrogens is 462 g/mol. The van der Waals surface area contributed by atoms with Crippen molar-refractivity contribution in [2.75, 3.05) is 0 Å². The third kappa shape index (κ3) is 3.48. The van der Waals surface area contributed by atoms with Crippen LogP contribution < -0.4 is 0 Å². The van der Waals surface area contributed by atoms with Crippen molar-refractivity contribution >= 4 is 54.3 Å². The molecule has 3 nitrogen and oxygen atoms in total. The monoisotopic (exact) mass is 483 g/mol. The normalized spacial score (nSPS) is 11.7. The van der Waals surface area contributed by atoms with Crippen LogP contribution in [0.2, 0.25) is 0 Å². The van der Waals surface area contributed by atoms with Gasteiger partial charge in [0, 0.05) is 21.7 Å². The van der Waals surface area contributed by atoms with Crippen molar-refractivity contribution in [3.63, 3.8) is 0 Å². The molecule has 8 rings (SSSR count). The summed E-state index contributed by atoms with van der Waals surface area (Å²) < 4.78 is 0. The maximum atomic E-state index is 4.99. The van der Waals surface area contributed by atoms with E-state index in [1.54, 1.807) is 0 Å². The van der Waals surface area contributed by atoms with Crippen LogP contribution in [0.1, 0.15) is 0 Å². The highest BCUT2D eigenvalue weighted by Crippen LogP contribution is 2.29. The Morgan fingerprint density at radius 1 is 0.289 bits per heavy atom. The molecule has 0 fully saturated rings. The van der Waals surface area contributed by atoms with Crippen LogP contribution in [0.3, 0.4) is 0 Å². The number of hydrogen-bond donors (Lipinski definition) is 0. The molecular formula is C35H21N3. The highest BCUT2D eigenvalue weighted by atomic mass is 14.8. The van der Waals surface area contributed by atoms with E-state index in [9.17, 15) is 0 Å². The van der Waals surface area contributed by atoms with Crippen LogP contribution in [0.15, 0.2) is 127 Å². The fourth-order valence-electron chi connectivity index (χ4n) is 5.35. The SMILES string of the molecule is c1ccc2cc3nc(-c4ccc5nc(-c6ccc7cc8ccccc8cc7n6)ccc5c4)ccc3cc2c1. The summed E-state index contributed by atoms with van der Waals surface area (Å²) in [6.45, 7) is 0. The maximum Gasteiger partial charge on any atom is 0.0894 e. The fraction of sp³-hybridized carbons (Fsp3) is 0. The minimum atomic E-state index is 0.871. The van der Waals surface area contributed by atoms with Crippen molar-refractivity contribution in [1.82, 2.24) is 15.0 Å². The molecule has 0 aliphatic rings. The highest BCUT2D eigenvalue weighted by Gasteiger charge is 2.09. The quantitative estimate of drug-likeness (QED) is 0.230. The highest BCUT2D eigenvalue weighted by molar-refractivity contribution is 5.98. The van der Waals surface area contributed by atoms with Gasteiger partial charge in [0.25, 0.3) is 0 Å². The number of hydrogen-bond acceptors (Lipinski definition) is 3. The number of benzene rings is 5. The van der Waals surface area contributed by atoms with Crippen LogP contribution in [0.5, 0.6) is 0 Å². The molecule has 0 atom stereocenters. The molecule has 8 aromatic rings. The van der Waals surface area contributed by atoms with E-state index in [2.05, 4.69) is 127 Å². The first kappa shape index (κ1) is 21.0. The van der Waals surface area contributed by atoms with Gasteiger partial charge < -0.3 is 0 Å². The molecule has 0 spiro atoms. The molecule has 0 saturated carbocycles. The number of nitrogens with zero attached hydrogens (tertiary/aromatic N) is 3. The number of rotatable bonds is 2. The molecule has 5 aromatic carbocycles. The van der Waals surface area contributed by atoms with Crippen molar-refractivity contribution in [2.24, 2.45) is 0 Å². The molecule has 176 valence electrons. The van der Waals surface area contributed by atoms with Gasteiger partial charge in [-0.25, -0.2) is 15.0 Å². The molecule has 0 amide bonds.